The van der Waals surface area contributed by atoms with Gasteiger partial charge in [0.05, 0.1) is 10.0 Å². The fraction of sp³-hybridized carbons (Fsp3) is 0.600. The first-order chi connectivity index (χ1) is 9.24. The Hall–Kier alpha value is -0.440. The average molecular weight is 303 g/mol. The molecule has 108 valence electrons. The van der Waals surface area contributed by atoms with Crippen molar-refractivity contribution in [1.82, 2.24) is 5.32 Å². The van der Waals surface area contributed by atoms with Gasteiger partial charge in [-0.15, -0.1) is 0 Å². The van der Waals surface area contributed by atoms with E-state index in [2.05, 4.69) is 17.6 Å². The summed E-state index contributed by atoms with van der Waals surface area (Å²) in [4.78, 5) is 0. The fourth-order valence-electron chi connectivity index (χ4n) is 1.88. The summed E-state index contributed by atoms with van der Waals surface area (Å²) in [6.45, 7) is 5.21. The Morgan fingerprint density at radius 2 is 1.68 bits per heavy atom. The largest absolute Gasteiger partial charge is 0.384 e. The molecule has 1 aromatic carbocycles. The summed E-state index contributed by atoms with van der Waals surface area (Å²) in [5, 5.41) is 7.94. The highest BCUT2D eigenvalue weighted by Crippen LogP contribution is 2.24. The molecule has 0 spiro atoms. The van der Waals surface area contributed by atoms with Gasteiger partial charge in [-0.1, -0.05) is 55.8 Å². The zero-order valence-corrected chi connectivity index (χ0v) is 13.2. The van der Waals surface area contributed by atoms with Crippen LogP contribution in [0.3, 0.4) is 0 Å². The minimum atomic E-state index is 0.593. The Morgan fingerprint density at radius 3 is 2.42 bits per heavy atom. The predicted octanol–water partition coefficient (Wildman–Crippen LogP) is 4.97. The summed E-state index contributed by atoms with van der Waals surface area (Å²) in [6, 6.07) is 5.61. The second-order valence-corrected chi connectivity index (χ2v) is 5.53. The molecule has 2 nitrogen and oxygen atoms in total. The summed E-state index contributed by atoms with van der Waals surface area (Å²) >= 11 is 11.8. The molecule has 0 amide bonds. The van der Waals surface area contributed by atoms with Gasteiger partial charge in [0.2, 0.25) is 0 Å². The van der Waals surface area contributed by atoms with Gasteiger partial charge in [-0.25, -0.2) is 0 Å². The third-order valence-electron chi connectivity index (χ3n) is 3.01. The van der Waals surface area contributed by atoms with Crippen LogP contribution >= 0.6 is 23.2 Å². The van der Waals surface area contributed by atoms with Gasteiger partial charge < -0.3 is 10.6 Å². The maximum Gasteiger partial charge on any atom is 0.0612 e. The fourth-order valence-corrected chi connectivity index (χ4v) is 2.18. The quantitative estimate of drug-likeness (QED) is 0.597. The second-order valence-electron chi connectivity index (χ2n) is 4.72. The third kappa shape index (κ3) is 7.66. The van der Waals surface area contributed by atoms with E-state index in [1.807, 2.05) is 18.2 Å². The van der Waals surface area contributed by atoms with E-state index in [-0.39, 0.29) is 0 Å². The molecule has 0 atom stereocenters. The molecule has 0 aliphatic heterocycles. The average Bonchev–Trinajstić information content (AvgIpc) is 2.41. The lowest BCUT2D eigenvalue weighted by atomic mass is 10.1. The van der Waals surface area contributed by atoms with Gasteiger partial charge in [-0.3, -0.25) is 0 Å². The van der Waals surface area contributed by atoms with Gasteiger partial charge in [0.25, 0.3) is 0 Å². The Kier molecular flexibility index (Phi) is 9.06. The zero-order chi connectivity index (χ0) is 13.9. The molecule has 0 fully saturated rings. The first-order valence-electron chi connectivity index (χ1n) is 7.13. The number of hydrogen-bond acceptors (Lipinski definition) is 2. The van der Waals surface area contributed by atoms with E-state index < -0.39 is 0 Å². The van der Waals surface area contributed by atoms with Gasteiger partial charge >= 0.3 is 0 Å². The van der Waals surface area contributed by atoms with Crippen LogP contribution < -0.4 is 10.6 Å². The van der Waals surface area contributed by atoms with Gasteiger partial charge in [0.15, 0.2) is 0 Å². The molecule has 4 heteroatoms. The van der Waals surface area contributed by atoms with Crippen molar-refractivity contribution in [2.75, 3.05) is 25.0 Å². The molecule has 0 heterocycles. The van der Waals surface area contributed by atoms with Crippen LogP contribution in [0, 0.1) is 0 Å². The standard InChI is InChI=1S/C15H24Cl2N2/c1-2-3-4-5-6-9-18-10-11-19-13-7-8-14(16)15(17)12-13/h7-8,12,18-19H,2-6,9-11H2,1H3. The molecular weight excluding hydrogens is 279 g/mol. The Bertz CT molecular complexity index is 356. The van der Waals surface area contributed by atoms with Crippen LogP contribution in [-0.2, 0) is 0 Å². The molecule has 0 aliphatic carbocycles. The SMILES string of the molecule is CCCCCCCNCCNc1ccc(Cl)c(Cl)c1. The molecular formula is C15H24Cl2N2. The minimum Gasteiger partial charge on any atom is -0.384 e. The first kappa shape index (κ1) is 16.6. The van der Waals surface area contributed by atoms with Crippen molar-refractivity contribution in [2.45, 2.75) is 39.0 Å². The summed E-state index contributed by atoms with van der Waals surface area (Å²) in [6.07, 6.45) is 6.63. The number of nitrogens with one attached hydrogen (secondary N) is 2. The zero-order valence-electron chi connectivity index (χ0n) is 11.6. The molecule has 2 N–H and O–H groups in total. The molecule has 1 rings (SSSR count). The lowest BCUT2D eigenvalue weighted by molar-refractivity contribution is 0.589. The number of halogens is 2. The third-order valence-corrected chi connectivity index (χ3v) is 3.75. The van der Waals surface area contributed by atoms with E-state index in [1.165, 1.54) is 32.1 Å². The van der Waals surface area contributed by atoms with E-state index >= 15 is 0 Å². The summed E-state index contributed by atoms with van der Waals surface area (Å²) in [7, 11) is 0. The van der Waals surface area contributed by atoms with Gasteiger partial charge in [0.1, 0.15) is 0 Å². The van der Waals surface area contributed by atoms with Crippen molar-refractivity contribution in [3.63, 3.8) is 0 Å². The van der Waals surface area contributed by atoms with Crippen LogP contribution in [-0.4, -0.2) is 19.6 Å². The molecule has 1 aromatic rings. The monoisotopic (exact) mass is 302 g/mol. The molecule has 0 radical (unpaired) electrons. The summed E-state index contributed by atoms with van der Waals surface area (Å²) < 4.78 is 0. The minimum absolute atomic E-state index is 0.593. The van der Waals surface area contributed by atoms with Crippen LogP contribution in [0.25, 0.3) is 0 Å². The summed E-state index contributed by atoms with van der Waals surface area (Å²) in [5.74, 6) is 0. The highest BCUT2D eigenvalue weighted by Gasteiger charge is 1.98. The van der Waals surface area contributed by atoms with Crippen LogP contribution in [0.5, 0.6) is 0 Å². The lowest BCUT2D eigenvalue weighted by Crippen LogP contribution is -2.23. The number of unbranched alkanes of at least 4 members (excludes halogenated alkanes) is 4. The maximum atomic E-state index is 5.95. The van der Waals surface area contributed by atoms with E-state index in [0.717, 1.165) is 25.3 Å². The van der Waals surface area contributed by atoms with Crippen molar-refractivity contribution in [3.05, 3.63) is 28.2 Å². The molecule has 19 heavy (non-hydrogen) atoms. The summed E-state index contributed by atoms with van der Waals surface area (Å²) in [5.41, 5.74) is 1.01. The van der Waals surface area contributed by atoms with Crippen LogP contribution in [0.2, 0.25) is 10.0 Å². The predicted molar refractivity (Wildman–Crippen MR) is 86.6 cm³/mol. The van der Waals surface area contributed by atoms with Crippen molar-refractivity contribution >= 4 is 28.9 Å². The van der Waals surface area contributed by atoms with E-state index in [9.17, 15) is 0 Å². The highest BCUT2D eigenvalue weighted by molar-refractivity contribution is 6.42. The number of hydrogen-bond donors (Lipinski definition) is 2. The Balaban J connectivity index is 2.00. The highest BCUT2D eigenvalue weighted by atomic mass is 35.5. The van der Waals surface area contributed by atoms with Crippen molar-refractivity contribution in [3.8, 4) is 0 Å². The normalized spacial score (nSPS) is 10.7. The molecule has 0 aromatic heterocycles. The van der Waals surface area contributed by atoms with Gasteiger partial charge in [-0.2, -0.15) is 0 Å². The van der Waals surface area contributed by atoms with E-state index in [0.29, 0.717) is 10.0 Å². The number of rotatable bonds is 10. The van der Waals surface area contributed by atoms with Crippen LogP contribution in [0.15, 0.2) is 18.2 Å². The smallest absolute Gasteiger partial charge is 0.0612 e. The number of anilines is 1. The van der Waals surface area contributed by atoms with Crippen LogP contribution in [0.1, 0.15) is 39.0 Å². The molecule has 0 saturated heterocycles. The Labute approximate surface area is 126 Å². The van der Waals surface area contributed by atoms with Crippen molar-refractivity contribution in [2.24, 2.45) is 0 Å². The van der Waals surface area contributed by atoms with E-state index in [4.69, 9.17) is 23.2 Å². The number of benzene rings is 1. The molecule has 0 aliphatic rings. The van der Waals surface area contributed by atoms with Crippen molar-refractivity contribution in [1.29, 1.82) is 0 Å². The maximum absolute atomic E-state index is 5.95. The molecule has 0 saturated carbocycles. The van der Waals surface area contributed by atoms with Gasteiger partial charge in [0, 0.05) is 18.8 Å². The molecule has 0 bridgehead atoms. The van der Waals surface area contributed by atoms with Gasteiger partial charge in [-0.05, 0) is 31.2 Å². The first-order valence-corrected chi connectivity index (χ1v) is 7.89. The lowest BCUT2D eigenvalue weighted by Gasteiger charge is -2.08. The molecule has 0 unspecified atom stereocenters. The van der Waals surface area contributed by atoms with E-state index in [1.54, 1.807) is 0 Å². The van der Waals surface area contributed by atoms with Crippen molar-refractivity contribution < 1.29 is 0 Å². The Morgan fingerprint density at radius 1 is 0.895 bits per heavy atom. The second kappa shape index (κ2) is 10.4. The topological polar surface area (TPSA) is 24.1 Å². The van der Waals surface area contributed by atoms with Crippen LogP contribution in [0.4, 0.5) is 5.69 Å².